The van der Waals surface area contributed by atoms with Crippen LogP contribution in [0, 0.1) is 0 Å². The largest absolute Gasteiger partial charge is 0.394 e. The fraction of sp³-hybridized carbons (Fsp3) is 0.417. The highest BCUT2D eigenvalue weighted by atomic mass is 35.5. The molecule has 0 saturated carbocycles. The van der Waals surface area contributed by atoms with Crippen molar-refractivity contribution in [2.75, 3.05) is 18.9 Å². The number of hydrogen-bond acceptors (Lipinski definition) is 4. The first-order chi connectivity index (χ1) is 8.63. The summed E-state index contributed by atoms with van der Waals surface area (Å²) in [6, 6.07) is 7.35. The fourth-order valence-electron chi connectivity index (χ4n) is 1.87. The molecule has 2 atom stereocenters. The Labute approximate surface area is 115 Å². The standard InChI is InChI=1S/C12H14ClNO3S/c13-10-4-2-1-3-9(10)12-14(5-8(16)6-15)11(17)7-18-12/h1-4,8,12,15-16H,5-7H2/t8-,12?/m0/s1. The molecule has 1 amide bonds. The average molecular weight is 288 g/mol. The third kappa shape index (κ3) is 2.80. The lowest BCUT2D eigenvalue weighted by atomic mass is 10.2. The van der Waals surface area contributed by atoms with E-state index in [1.807, 2.05) is 18.2 Å². The van der Waals surface area contributed by atoms with Gasteiger partial charge in [0.25, 0.3) is 0 Å². The molecule has 1 aliphatic rings. The second kappa shape index (κ2) is 5.93. The highest BCUT2D eigenvalue weighted by molar-refractivity contribution is 8.00. The van der Waals surface area contributed by atoms with Crippen LogP contribution in [0.3, 0.4) is 0 Å². The summed E-state index contributed by atoms with van der Waals surface area (Å²) in [7, 11) is 0. The lowest BCUT2D eigenvalue weighted by Crippen LogP contribution is -2.37. The maximum absolute atomic E-state index is 11.8. The predicted molar refractivity (Wildman–Crippen MR) is 71.5 cm³/mol. The van der Waals surface area contributed by atoms with E-state index in [1.54, 1.807) is 11.0 Å². The molecule has 2 N–H and O–H groups in total. The molecule has 1 aromatic rings. The summed E-state index contributed by atoms with van der Waals surface area (Å²) in [5, 5.41) is 18.8. The second-order valence-corrected chi connectivity index (χ2v) is 5.54. The number of halogens is 1. The number of aliphatic hydroxyl groups excluding tert-OH is 2. The lowest BCUT2D eigenvalue weighted by molar-refractivity contribution is -0.129. The van der Waals surface area contributed by atoms with Crippen LogP contribution in [0.4, 0.5) is 0 Å². The van der Waals surface area contributed by atoms with Gasteiger partial charge in [-0.05, 0) is 6.07 Å². The summed E-state index contributed by atoms with van der Waals surface area (Å²) >= 11 is 7.60. The molecule has 0 radical (unpaired) electrons. The molecule has 1 heterocycles. The van der Waals surface area contributed by atoms with Crippen molar-refractivity contribution in [2.24, 2.45) is 0 Å². The summed E-state index contributed by atoms with van der Waals surface area (Å²) in [6.07, 6.45) is -0.919. The van der Waals surface area contributed by atoms with Gasteiger partial charge in [0.2, 0.25) is 5.91 Å². The number of nitrogens with zero attached hydrogens (tertiary/aromatic N) is 1. The lowest BCUT2D eigenvalue weighted by Gasteiger charge is -2.26. The van der Waals surface area contributed by atoms with Crippen LogP contribution in [-0.4, -0.2) is 46.0 Å². The van der Waals surface area contributed by atoms with Gasteiger partial charge in [0.05, 0.1) is 25.0 Å². The van der Waals surface area contributed by atoms with Crippen LogP contribution in [0.1, 0.15) is 10.9 Å². The molecule has 2 rings (SSSR count). The molecule has 0 aliphatic carbocycles. The van der Waals surface area contributed by atoms with Crippen molar-refractivity contribution in [3.8, 4) is 0 Å². The number of carbonyl (C=O) groups is 1. The first-order valence-electron chi connectivity index (χ1n) is 5.58. The Morgan fingerprint density at radius 2 is 2.22 bits per heavy atom. The average Bonchev–Trinajstić information content (AvgIpc) is 2.72. The minimum absolute atomic E-state index is 0.0441. The van der Waals surface area contributed by atoms with E-state index in [1.165, 1.54) is 11.8 Å². The number of carbonyl (C=O) groups excluding carboxylic acids is 1. The Hall–Kier alpha value is -0.750. The third-order valence-corrected chi connectivity index (χ3v) is 4.34. The van der Waals surface area contributed by atoms with Gasteiger partial charge in [-0.2, -0.15) is 0 Å². The quantitative estimate of drug-likeness (QED) is 0.875. The number of aliphatic hydroxyl groups is 2. The van der Waals surface area contributed by atoms with Crippen LogP contribution >= 0.6 is 23.4 Å². The molecular weight excluding hydrogens is 274 g/mol. The van der Waals surface area contributed by atoms with Crippen molar-refractivity contribution in [1.29, 1.82) is 0 Å². The molecule has 0 spiro atoms. The fourth-order valence-corrected chi connectivity index (χ4v) is 3.41. The van der Waals surface area contributed by atoms with E-state index < -0.39 is 6.10 Å². The van der Waals surface area contributed by atoms with Crippen molar-refractivity contribution in [2.45, 2.75) is 11.5 Å². The molecule has 18 heavy (non-hydrogen) atoms. The third-order valence-electron chi connectivity index (χ3n) is 2.76. The van der Waals surface area contributed by atoms with Crippen molar-refractivity contribution < 1.29 is 15.0 Å². The molecule has 1 fully saturated rings. The number of rotatable bonds is 4. The second-order valence-electron chi connectivity index (χ2n) is 4.07. The smallest absolute Gasteiger partial charge is 0.233 e. The van der Waals surface area contributed by atoms with Gasteiger partial charge in [-0.15, -0.1) is 11.8 Å². The monoisotopic (exact) mass is 287 g/mol. The first-order valence-corrected chi connectivity index (χ1v) is 7.00. The van der Waals surface area contributed by atoms with Crippen LogP contribution < -0.4 is 0 Å². The molecular formula is C12H14ClNO3S. The number of hydrogen-bond donors (Lipinski definition) is 2. The van der Waals surface area contributed by atoms with Crippen molar-refractivity contribution >= 4 is 29.3 Å². The zero-order chi connectivity index (χ0) is 13.1. The van der Waals surface area contributed by atoms with Gasteiger partial charge < -0.3 is 15.1 Å². The van der Waals surface area contributed by atoms with Crippen LogP contribution in [-0.2, 0) is 4.79 Å². The van der Waals surface area contributed by atoms with Gasteiger partial charge in [-0.1, -0.05) is 29.8 Å². The maximum Gasteiger partial charge on any atom is 0.233 e. The zero-order valence-electron chi connectivity index (χ0n) is 9.62. The molecule has 1 aliphatic heterocycles. The summed E-state index contributed by atoms with van der Waals surface area (Å²) in [5.74, 6) is 0.325. The Bertz CT molecular complexity index is 443. The topological polar surface area (TPSA) is 60.8 Å². The Kier molecular flexibility index (Phi) is 4.50. The van der Waals surface area contributed by atoms with E-state index in [0.717, 1.165) is 5.56 Å². The molecule has 1 saturated heterocycles. The first kappa shape index (κ1) is 13.7. The number of thioether (sulfide) groups is 1. The minimum atomic E-state index is -0.919. The molecule has 0 bridgehead atoms. The number of β-amino-alcohol motifs (C(OH)–C–C–N with tert-alkyl or cyclic N) is 1. The minimum Gasteiger partial charge on any atom is -0.394 e. The van der Waals surface area contributed by atoms with Gasteiger partial charge in [-0.25, -0.2) is 0 Å². The number of amides is 1. The van der Waals surface area contributed by atoms with Crippen molar-refractivity contribution in [3.63, 3.8) is 0 Å². The van der Waals surface area contributed by atoms with Crippen LogP contribution in [0.5, 0.6) is 0 Å². The van der Waals surface area contributed by atoms with E-state index in [4.69, 9.17) is 16.7 Å². The van der Waals surface area contributed by atoms with Gasteiger partial charge in [0.15, 0.2) is 0 Å². The Morgan fingerprint density at radius 3 is 2.89 bits per heavy atom. The van der Waals surface area contributed by atoms with Crippen LogP contribution in [0.2, 0.25) is 5.02 Å². The number of benzene rings is 1. The molecule has 98 valence electrons. The summed E-state index contributed by atoms with van der Waals surface area (Å²) in [4.78, 5) is 13.4. The molecule has 1 aromatic carbocycles. The Balaban J connectivity index is 2.21. The SMILES string of the molecule is O=C1CSC(c2ccccc2Cl)N1C[C@H](O)CO. The maximum atomic E-state index is 11.8. The highest BCUT2D eigenvalue weighted by Crippen LogP contribution is 2.41. The predicted octanol–water partition coefficient (Wildman–Crippen LogP) is 1.27. The van der Waals surface area contributed by atoms with E-state index in [0.29, 0.717) is 10.8 Å². The summed E-state index contributed by atoms with van der Waals surface area (Å²) < 4.78 is 0. The van der Waals surface area contributed by atoms with E-state index >= 15 is 0 Å². The van der Waals surface area contributed by atoms with E-state index in [2.05, 4.69) is 0 Å². The van der Waals surface area contributed by atoms with Gasteiger partial charge in [0, 0.05) is 10.6 Å². The molecule has 1 unspecified atom stereocenters. The zero-order valence-corrected chi connectivity index (χ0v) is 11.2. The van der Waals surface area contributed by atoms with E-state index in [-0.39, 0.29) is 24.4 Å². The summed E-state index contributed by atoms with van der Waals surface area (Å²) in [5.41, 5.74) is 0.861. The molecule has 6 heteroatoms. The van der Waals surface area contributed by atoms with E-state index in [9.17, 15) is 9.90 Å². The van der Waals surface area contributed by atoms with Crippen molar-refractivity contribution in [3.05, 3.63) is 34.9 Å². The highest BCUT2D eigenvalue weighted by Gasteiger charge is 2.34. The van der Waals surface area contributed by atoms with Gasteiger partial charge in [-0.3, -0.25) is 4.79 Å². The molecule has 4 nitrogen and oxygen atoms in total. The van der Waals surface area contributed by atoms with Crippen LogP contribution in [0.15, 0.2) is 24.3 Å². The van der Waals surface area contributed by atoms with Crippen LogP contribution in [0.25, 0.3) is 0 Å². The summed E-state index contributed by atoms with van der Waals surface area (Å²) in [6.45, 7) is -0.234. The van der Waals surface area contributed by atoms with Gasteiger partial charge in [0.1, 0.15) is 5.37 Å². The van der Waals surface area contributed by atoms with Gasteiger partial charge >= 0.3 is 0 Å². The molecule has 0 aromatic heterocycles. The Morgan fingerprint density at radius 1 is 1.50 bits per heavy atom. The van der Waals surface area contributed by atoms with Crippen molar-refractivity contribution in [1.82, 2.24) is 4.90 Å². The normalized spacial score (nSPS) is 21.4.